The van der Waals surface area contributed by atoms with Crippen molar-refractivity contribution < 1.29 is 9.53 Å². The van der Waals surface area contributed by atoms with Crippen LogP contribution in [0.1, 0.15) is 13.3 Å². The van der Waals surface area contributed by atoms with E-state index in [2.05, 4.69) is 5.32 Å². The lowest BCUT2D eigenvalue weighted by molar-refractivity contribution is -0.122. The molecule has 0 aromatic carbocycles. The van der Waals surface area contributed by atoms with Crippen LogP contribution < -0.4 is 11.1 Å². The van der Waals surface area contributed by atoms with Gasteiger partial charge in [-0.15, -0.1) is 0 Å². The van der Waals surface area contributed by atoms with E-state index in [4.69, 9.17) is 22.7 Å². The van der Waals surface area contributed by atoms with Crippen LogP contribution in [0.4, 0.5) is 0 Å². The number of rotatable bonds is 9. The maximum absolute atomic E-state index is 11.4. The van der Waals surface area contributed by atoms with Crippen molar-refractivity contribution in [2.75, 3.05) is 39.9 Å². The summed E-state index contributed by atoms with van der Waals surface area (Å²) in [5, 5.41) is 2.75. The number of nitrogens with zero attached hydrogens (tertiary/aromatic N) is 1. The van der Waals surface area contributed by atoms with Crippen molar-refractivity contribution >= 4 is 23.1 Å². The molecule has 0 bridgehead atoms. The molecular formula is C10H21N3O2S. The molecule has 0 aromatic rings. The van der Waals surface area contributed by atoms with E-state index < -0.39 is 0 Å². The first-order valence-electron chi connectivity index (χ1n) is 5.36. The first-order valence-corrected chi connectivity index (χ1v) is 5.77. The zero-order valence-electron chi connectivity index (χ0n) is 9.99. The Labute approximate surface area is 102 Å². The number of carbonyl (C=O) groups excluding carboxylic acids is 1. The second-order valence-electron chi connectivity index (χ2n) is 3.44. The van der Waals surface area contributed by atoms with Crippen LogP contribution in [0.15, 0.2) is 0 Å². The highest BCUT2D eigenvalue weighted by Gasteiger charge is 2.09. The van der Waals surface area contributed by atoms with Crippen LogP contribution in [-0.4, -0.2) is 55.7 Å². The van der Waals surface area contributed by atoms with Gasteiger partial charge in [-0.25, -0.2) is 0 Å². The summed E-state index contributed by atoms with van der Waals surface area (Å²) < 4.78 is 4.98. The Morgan fingerprint density at radius 3 is 2.69 bits per heavy atom. The maximum atomic E-state index is 11.4. The molecule has 0 aromatic heterocycles. The van der Waals surface area contributed by atoms with Gasteiger partial charge in [0.1, 0.15) is 0 Å². The molecule has 0 heterocycles. The lowest BCUT2D eigenvalue weighted by Crippen LogP contribution is -2.40. The third-order valence-electron chi connectivity index (χ3n) is 2.03. The Morgan fingerprint density at radius 2 is 2.19 bits per heavy atom. The average Bonchev–Trinajstić information content (AvgIpc) is 2.22. The van der Waals surface area contributed by atoms with Crippen LogP contribution in [-0.2, 0) is 9.53 Å². The summed E-state index contributed by atoms with van der Waals surface area (Å²) in [5.41, 5.74) is 5.43. The third-order valence-corrected chi connectivity index (χ3v) is 2.23. The Kier molecular flexibility index (Phi) is 9.07. The Bertz CT molecular complexity index is 224. The summed E-state index contributed by atoms with van der Waals surface area (Å²) in [6.07, 6.45) is 0.623. The molecule has 1 amide bonds. The van der Waals surface area contributed by atoms with Crippen molar-refractivity contribution in [2.45, 2.75) is 13.3 Å². The summed E-state index contributed by atoms with van der Waals surface area (Å²) in [6, 6.07) is 0. The van der Waals surface area contributed by atoms with Crippen molar-refractivity contribution in [3.8, 4) is 0 Å². The second kappa shape index (κ2) is 9.50. The van der Waals surface area contributed by atoms with Crippen molar-refractivity contribution in [1.82, 2.24) is 10.2 Å². The highest BCUT2D eigenvalue weighted by atomic mass is 32.1. The highest BCUT2D eigenvalue weighted by Crippen LogP contribution is 1.92. The fraction of sp³-hybridized carbons (Fsp3) is 0.800. The van der Waals surface area contributed by atoms with Gasteiger partial charge in [-0.1, -0.05) is 12.2 Å². The first kappa shape index (κ1) is 15.3. The van der Waals surface area contributed by atoms with Gasteiger partial charge in [-0.2, -0.15) is 0 Å². The van der Waals surface area contributed by atoms with Crippen molar-refractivity contribution in [2.24, 2.45) is 5.73 Å². The number of ether oxygens (including phenoxy) is 1. The molecule has 0 rings (SSSR count). The normalized spacial score (nSPS) is 10.4. The second-order valence-corrected chi connectivity index (χ2v) is 3.96. The van der Waals surface area contributed by atoms with E-state index in [-0.39, 0.29) is 5.91 Å². The molecule has 0 aliphatic carbocycles. The van der Waals surface area contributed by atoms with Gasteiger partial charge in [0.25, 0.3) is 0 Å². The summed E-state index contributed by atoms with van der Waals surface area (Å²) >= 11 is 4.81. The van der Waals surface area contributed by atoms with Gasteiger partial charge >= 0.3 is 0 Å². The standard InChI is InChI=1S/C10H21N3O2S/c1-3-12-10(14)8-13(6-7-15-2)5-4-9(11)16/h3-8H2,1-2H3,(H2,11,16)(H,12,14). The van der Waals surface area contributed by atoms with Gasteiger partial charge in [0.05, 0.1) is 18.1 Å². The van der Waals surface area contributed by atoms with Crippen molar-refractivity contribution in [3.63, 3.8) is 0 Å². The van der Waals surface area contributed by atoms with Crippen LogP contribution in [0.25, 0.3) is 0 Å². The van der Waals surface area contributed by atoms with Crippen LogP contribution in [0.3, 0.4) is 0 Å². The Morgan fingerprint density at radius 1 is 1.50 bits per heavy atom. The lowest BCUT2D eigenvalue weighted by atomic mass is 10.3. The smallest absolute Gasteiger partial charge is 0.234 e. The number of thiocarbonyl (C=S) groups is 1. The molecule has 0 atom stereocenters. The van der Waals surface area contributed by atoms with E-state index in [0.29, 0.717) is 44.2 Å². The van der Waals surface area contributed by atoms with Gasteiger partial charge in [-0.05, 0) is 6.92 Å². The van der Waals surface area contributed by atoms with Gasteiger partial charge < -0.3 is 15.8 Å². The van der Waals surface area contributed by atoms with Gasteiger partial charge in [0.2, 0.25) is 5.91 Å². The first-order chi connectivity index (χ1) is 7.60. The molecule has 0 saturated heterocycles. The molecule has 16 heavy (non-hydrogen) atoms. The van der Waals surface area contributed by atoms with E-state index in [9.17, 15) is 4.79 Å². The molecule has 0 fully saturated rings. The van der Waals surface area contributed by atoms with Gasteiger partial charge in [0.15, 0.2) is 0 Å². The minimum absolute atomic E-state index is 0.0153. The van der Waals surface area contributed by atoms with E-state index in [1.165, 1.54) is 0 Å². The van der Waals surface area contributed by atoms with Crippen LogP contribution in [0.5, 0.6) is 0 Å². The minimum atomic E-state index is 0.0153. The number of likely N-dealkylation sites (N-methyl/N-ethyl adjacent to an activating group) is 1. The fourth-order valence-corrected chi connectivity index (χ4v) is 1.31. The maximum Gasteiger partial charge on any atom is 0.234 e. The zero-order valence-corrected chi connectivity index (χ0v) is 10.8. The summed E-state index contributed by atoms with van der Waals surface area (Å²) in [4.78, 5) is 13.9. The molecule has 3 N–H and O–H groups in total. The number of hydrogen-bond donors (Lipinski definition) is 2. The summed E-state index contributed by atoms with van der Waals surface area (Å²) in [7, 11) is 1.64. The number of nitrogens with one attached hydrogen (secondary N) is 1. The average molecular weight is 247 g/mol. The molecule has 0 aliphatic heterocycles. The van der Waals surface area contributed by atoms with E-state index in [1.807, 2.05) is 11.8 Å². The molecule has 0 unspecified atom stereocenters. The van der Waals surface area contributed by atoms with Crippen LogP contribution >= 0.6 is 12.2 Å². The lowest BCUT2D eigenvalue weighted by Gasteiger charge is -2.20. The number of methoxy groups -OCH3 is 1. The molecule has 0 radical (unpaired) electrons. The highest BCUT2D eigenvalue weighted by molar-refractivity contribution is 7.80. The topological polar surface area (TPSA) is 67.6 Å². The predicted octanol–water partition coefficient (Wildman–Crippen LogP) is -0.253. The molecule has 0 aliphatic rings. The third kappa shape index (κ3) is 8.58. The quantitative estimate of drug-likeness (QED) is 0.550. The van der Waals surface area contributed by atoms with E-state index >= 15 is 0 Å². The molecule has 94 valence electrons. The summed E-state index contributed by atoms with van der Waals surface area (Å²) in [6.45, 7) is 4.89. The Balaban J connectivity index is 3.97. The fourth-order valence-electron chi connectivity index (χ4n) is 1.21. The van der Waals surface area contributed by atoms with E-state index in [0.717, 1.165) is 0 Å². The number of hydrogen-bond acceptors (Lipinski definition) is 4. The molecule has 0 spiro atoms. The monoisotopic (exact) mass is 247 g/mol. The Hall–Kier alpha value is -0.720. The number of carbonyl (C=O) groups is 1. The molecule has 6 heteroatoms. The van der Waals surface area contributed by atoms with Crippen LogP contribution in [0, 0.1) is 0 Å². The minimum Gasteiger partial charge on any atom is -0.393 e. The predicted molar refractivity (Wildman–Crippen MR) is 68.4 cm³/mol. The number of nitrogens with two attached hydrogens (primary N) is 1. The van der Waals surface area contributed by atoms with Gasteiger partial charge in [-0.3, -0.25) is 9.69 Å². The van der Waals surface area contributed by atoms with Crippen LogP contribution in [0.2, 0.25) is 0 Å². The number of amides is 1. The SMILES string of the molecule is CCNC(=O)CN(CCOC)CCC(N)=S. The molecule has 0 saturated carbocycles. The molecule has 5 nitrogen and oxygen atoms in total. The zero-order chi connectivity index (χ0) is 12.4. The van der Waals surface area contributed by atoms with Crippen molar-refractivity contribution in [3.05, 3.63) is 0 Å². The van der Waals surface area contributed by atoms with Crippen molar-refractivity contribution in [1.29, 1.82) is 0 Å². The van der Waals surface area contributed by atoms with E-state index in [1.54, 1.807) is 7.11 Å². The molecular weight excluding hydrogens is 226 g/mol. The largest absolute Gasteiger partial charge is 0.393 e. The summed E-state index contributed by atoms with van der Waals surface area (Å²) in [5.74, 6) is 0.0153. The van der Waals surface area contributed by atoms with Gasteiger partial charge in [0, 0.05) is 33.2 Å².